The van der Waals surface area contributed by atoms with Gasteiger partial charge in [-0.15, -0.1) is 0 Å². The fourth-order valence-electron chi connectivity index (χ4n) is 19.6. The molecule has 0 spiro atoms. The average Bonchev–Trinajstić information content (AvgIpc) is 1.55. The van der Waals surface area contributed by atoms with Crippen molar-refractivity contribution in [1.29, 1.82) is 0 Å². The number of para-hydroxylation sites is 9. The molecule has 0 saturated carbocycles. The molecule has 0 saturated heterocycles. The van der Waals surface area contributed by atoms with Crippen molar-refractivity contribution in [1.82, 2.24) is 42.4 Å². The van der Waals surface area contributed by atoms with Gasteiger partial charge in [0.05, 0.1) is 97.9 Å². The minimum absolute atomic E-state index is 0.960. The third kappa shape index (κ3) is 12.5. The standard InChI is InChI=1S/3C39H25N3S/c1-4-14-26(15-5-1)37-38(27-16-6-2-7-17-27)43-39(40-37)42-34-23-13-11-21-30(34)32-24-31-29-20-10-12-22-33(29)41(35(31)25-36(32)42)28-18-8-3-9-19-28;1-4-14-26(15-5-1)35-38(27-16-6-2-7-17-27)43-39(40-35)42-34-23-13-11-21-30(34)32-25-24-31-29-20-10-12-22-33(29)41(36(31)37(32)42)28-18-8-3-9-19-28;1-4-14-26(15-5-1)37-38(27-16-6-2-7-17-27)43-39(40-37)42-32-23-13-11-21-30(32)36-34(42)25-24-33-35(36)29-20-10-12-22-31(29)41(33)28-18-8-3-9-19-28/h3*1-25H. The van der Waals surface area contributed by atoms with Gasteiger partial charge in [0.1, 0.15) is 0 Å². The molecule has 606 valence electrons. The minimum Gasteiger partial charge on any atom is -0.309 e. The van der Waals surface area contributed by atoms with Crippen molar-refractivity contribution < 1.29 is 0 Å². The number of aromatic nitrogens is 9. The first-order valence-corrected chi connectivity index (χ1v) is 45.9. The fraction of sp³-hybridized carbons (Fsp3) is 0. The van der Waals surface area contributed by atoms with Gasteiger partial charge in [-0.3, -0.25) is 13.7 Å². The van der Waals surface area contributed by atoms with Crippen LogP contribution in [0.3, 0.4) is 0 Å². The largest absolute Gasteiger partial charge is 0.309 e. The predicted molar refractivity (Wildman–Crippen MR) is 545 cm³/mol. The van der Waals surface area contributed by atoms with Gasteiger partial charge in [-0.25, -0.2) is 15.0 Å². The summed E-state index contributed by atoms with van der Waals surface area (Å²) in [5, 5.41) is 17.8. The SMILES string of the molecule is c1ccc(-c2nc(-n3c4ccccc4c4c5c6ccccc6n(-c6ccccc6)c5ccc43)sc2-c2ccccc2)cc1.c1ccc(-c2nc(-n3c4ccccc4c4cc5c6ccccc6n(-c6ccccc6)c5cc43)sc2-c2ccccc2)cc1.c1ccc(-c2nc(-n3c4ccccc4c4ccc5c6ccccc6n(-c6ccccc6)c5c43)sc2-c2ccccc2)cc1. The maximum absolute atomic E-state index is 5.43. The Labute approximate surface area is 754 Å². The lowest BCUT2D eigenvalue weighted by Crippen LogP contribution is -1.98. The summed E-state index contributed by atoms with van der Waals surface area (Å²) in [6, 6.07) is 162. The van der Waals surface area contributed by atoms with Gasteiger partial charge in [-0.2, -0.15) is 0 Å². The highest BCUT2D eigenvalue weighted by Gasteiger charge is 2.29. The Balaban J connectivity index is 0.000000105. The van der Waals surface area contributed by atoms with E-state index in [0.29, 0.717) is 0 Å². The zero-order valence-electron chi connectivity index (χ0n) is 69.6. The molecule has 0 atom stereocenters. The van der Waals surface area contributed by atoms with Gasteiger partial charge in [-0.1, -0.05) is 392 Å². The number of nitrogens with zero attached hydrogens (tertiary/aromatic N) is 9. The van der Waals surface area contributed by atoms with Crippen LogP contribution in [0.1, 0.15) is 0 Å². The van der Waals surface area contributed by atoms with Crippen molar-refractivity contribution in [2.24, 2.45) is 0 Å². The van der Waals surface area contributed by atoms with Crippen molar-refractivity contribution in [2.75, 3.05) is 0 Å². The Kier molecular flexibility index (Phi) is 18.3. The summed E-state index contributed by atoms with van der Waals surface area (Å²) in [5.41, 5.74) is 27.6. The van der Waals surface area contributed by atoms with Crippen LogP contribution in [-0.4, -0.2) is 42.4 Å². The molecule has 0 N–H and O–H groups in total. The van der Waals surface area contributed by atoms with Crippen molar-refractivity contribution in [2.45, 2.75) is 0 Å². The second-order valence-corrected chi connectivity index (χ2v) is 35.4. The van der Waals surface area contributed by atoms with E-state index in [1.54, 1.807) is 34.0 Å². The molecule has 0 aliphatic carbocycles. The van der Waals surface area contributed by atoms with E-state index in [4.69, 9.17) is 15.0 Å². The van der Waals surface area contributed by atoms with Gasteiger partial charge in [0.25, 0.3) is 0 Å². The van der Waals surface area contributed by atoms with E-state index in [-0.39, 0.29) is 0 Å². The molecule has 12 heteroatoms. The molecule has 0 aliphatic rings. The van der Waals surface area contributed by atoms with Gasteiger partial charge in [-0.05, 0) is 114 Å². The summed E-state index contributed by atoms with van der Waals surface area (Å²) in [4.78, 5) is 19.7. The molecular formula is C117H75N9S3. The van der Waals surface area contributed by atoms with Gasteiger partial charge < -0.3 is 13.7 Å². The Morgan fingerprint density at radius 1 is 0.155 bits per heavy atom. The van der Waals surface area contributed by atoms with E-state index in [2.05, 4.69) is 482 Å². The van der Waals surface area contributed by atoms with Gasteiger partial charge in [0.2, 0.25) is 0 Å². The Morgan fingerprint density at radius 2 is 0.395 bits per heavy atom. The molecule has 9 nitrogen and oxygen atoms in total. The lowest BCUT2D eigenvalue weighted by molar-refractivity contribution is 1.12. The Hall–Kier alpha value is -16.4. The van der Waals surface area contributed by atoms with E-state index in [0.717, 1.165) is 93.8 Å². The van der Waals surface area contributed by atoms with Crippen LogP contribution in [-0.2, 0) is 0 Å². The molecule has 0 bridgehead atoms. The van der Waals surface area contributed by atoms with Crippen LogP contribution in [0.4, 0.5) is 0 Å². The van der Waals surface area contributed by atoms with Crippen LogP contribution in [0.2, 0.25) is 0 Å². The summed E-state index contributed by atoms with van der Waals surface area (Å²) in [6.45, 7) is 0. The predicted octanol–water partition coefficient (Wildman–Crippen LogP) is 32.0. The summed E-state index contributed by atoms with van der Waals surface area (Å²) in [5.74, 6) is 0. The molecule has 129 heavy (non-hydrogen) atoms. The molecule has 0 radical (unpaired) electrons. The summed E-state index contributed by atoms with van der Waals surface area (Å²) in [6.07, 6.45) is 0. The normalized spacial score (nSPS) is 11.7. The van der Waals surface area contributed by atoms with Crippen LogP contribution in [0, 0.1) is 0 Å². The molecule has 9 heterocycles. The van der Waals surface area contributed by atoms with Crippen LogP contribution in [0.25, 0.3) is 228 Å². The maximum atomic E-state index is 5.43. The highest BCUT2D eigenvalue weighted by molar-refractivity contribution is 7.19. The minimum atomic E-state index is 0.960. The van der Waals surface area contributed by atoms with Crippen molar-refractivity contribution in [3.8, 4) is 97.6 Å². The molecular weight excluding hydrogens is 1630 g/mol. The first-order chi connectivity index (χ1) is 64.1. The van der Waals surface area contributed by atoms with Gasteiger partial charge >= 0.3 is 0 Å². The summed E-state index contributed by atoms with van der Waals surface area (Å²) < 4.78 is 14.3. The molecule has 0 aliphatic heterocycles. The molecule has 0 amide bonds. The number of fused-ring (bicyclic) bond motifs is 20. The number of hydrogen-bond acceptors (Lipinski definition) is 6. The summed E-state index contributed by atoms with van der Waals surface area (Å²) in [7, 11) is 0. The lowest BCUT2D eigenvalue weighted by Gasteiger charge is -2.10. The number of thiazole rings is 3. The van der Waals surface area contributed by atoms with Gasteiger partial charge in [0, 0.05) is 98.4 Å². The van der Waals surface area contributed by atoms with E-state index < -0.39 is 0 Å². The Bertz CT molecular complexity index is 8780. The van der Waals surface area contributed by atoms with Crippen molar-refractivity contribution in [3.05, 3.63) is 455 Å². The molecule has 27 aromatic rings. The van der Waals surface area contributed by atoms with Crippen molar-refractivity contribution in [3.63, 3.8) is 0 Å². The van der Waals surface area contributed by atoms with E-state index in [1.807, 2.05) is 0 Å². The highest BCUT2D eigenvalue weighted by atomic mass is 32.1. The Morgan fingerprint density at radius 3 is 0.775 bits per heavy atom. The first kappa shape index (κ1) is 75.2. The molecule has 18 aromatic carbocycles. The van der Waals surface area contributed by atoms with Gasteiger partial charge in [0.15, 0.2) is 15.4 Å². The molecule has 0 unspecified atom stereocenters. The number of benzene rings is 18. The highest BCUT2D eigenvalue weighted by Crippen LogP contribution is 2.50. The third-order valence-corrected chi connectivity index (χ3v) is 28.4. The van der Waals surface area contributed by atoms with Crippen LogP contribution in [0.15, 0.2) is 455 Å². The van der Waals surface area contributed by atoms with Crippen LogP contribution >= 0.6 is 34.0 Å². The second-order valence-electron chi connectivity index (χ2n) is 32.4. The summed E-state index contributed by atoms with van der Waals surface area (Å²) >= 11 is 5.26. The zero-order valence-corrected chi connectivity index (χ0v) is 72.0. The topological polar surface area (TPSA) is 68.2 Å². The zero-order chi connectivity index (χ0) is 85.0. The number of rotatable bonds is 12. The quantitative estimate of drug-likeness (QED) is 0.122. The molecule has 27 rings (SSSR count). The fourth-order valence-corrected chi connectivity index (χ4v) is 22.9. The number of hydrogen-bond donors (Lipinski definition) is 0. The monoisotopic (exact) mass is 1700 g/mol. The van der Waals surface area contributed by atoms with E-state index in [9.17, 15) is 0 Å². The smallest absolute Gasteiger partial charge is 0.195 e. The molecule has 9 aromatic heterocycles. The molecule has 0 fully saturated rings. The average molecular weight is 1700 g/mol. The van der Waals surface area contributed by atoms with Crippen LogP contribution in [0.5, 0.6) is 0 Å². The van der Waals surface area contributed by atoms with Crippen LogP contribution < -0.4 is 0 Å². The maximum Gasteiger partial charge on any atom is 0.195 e. The third-order valence-electron chi connectivity index (χ3n) is 25.1. The second kappa shape index (κ2) is 31.4. The lowest BCUT2D eigenvalue weighted by atomic mass is 10.1. The van der Waals surface area contributed by atoms with E-state index in [1.165, 1.54) is 135 Å². The first-order valence-electron chi connectivity index (χ1n) is 43.5. The van der Waals surface area contributed by atoms with Crippen molar-refractivity contribution >= 4 is 165 Å². The van der Waals surface area contributed by atoms with E-state index >= 15 is 0 Å².